The third-order valence-electron chi connectivity index (χ3n) is 2.84. The van der Waals surface area contributed by atoms with Gasteiger partial charge in [0.15, 0.2) is 10.8 Å². The molecule has 1 heterocycles. The van der Waals surface area contributed by atoms with Gasteiger partial charge in [0.2, 0.25) is 0 Å². The Morgan fingerprint density at radius 2 is 1.86 bits per heavy atom. The highest BCUT2D eigenvalue weighted by atomic mass is 35.5. The number of carbonyl (C=O) groups excluding carboxylic acids is 2. The van der Waals surface area contributed by atoms with Crippen LogP contribution >= 0.6 is 11.6 Å². The van der Waals surface area contributed by atoms with Gasteiger partial charge in [0.1, 0.15) is 0 Å². The molecule has 1 aromatic heterocycles. The van der Waals surface area contributed by atoms with Gasteiger partial charge in [-0.15, -0.1) is 10.2 Å². The molecule has 2 amide bonds. The van der Waals surface area contributed by atoms with E-state index in [1.54, 1.807) is 25.2 Å². The average Bonchev–Trinajstić information content (AvgIpc) is 2.49. The third kappa shape index (κ3) is 3.55. The van der Waals surface area contributed by atoms with Crippen LogP contribution in [0.3, 0.4) is 0 Å². The summed E-state index contributed by atoms with van der Waals surface area (Å²) in [5.41, 5.74) is 1.97. The van der Waals surface area contributed by atoms with Gasteiger partial charge in [-0.25, -0.2) is 0 Å². The highest BCUT2D eigenvalue weighted by molar-refractivity contribution is 6.29. The predicted octanol–water partition coefficient (Wildman–Crippen LogP) is 2.05. The van der Waals surface area contributed by atoms with Gasteiger partial charge in [-0.3, -0.25) is 9.59 Å². The SMILES string of the molecule is CNC(=O)c1ccc(C)c(NC(=O)c2ccc(Cl)nn2)c1. The molecule has 2 aromatic rings. The lowest BCUT2D eigenvalue weighted by Gasteiger charge is -2.09. The Kier molecular flexibility index (Phi) is 4.49. The van der Waals surface area contributed by atoms with E-state index in [-0.39, 0.29) is 16.8 Å². The zero-order chi connectivity index (χ0) is 15.4. The van der Waals surface area contributed by atoms with Crippen LogP contribution in [0.2, 0.25) is 5.15 Å². The molecule has 0 aliphatic heterocycles. The lowest BCUT2D eigenvalue weighted by molar-refractivity contribution is 0.0961. The highest BCUT2D eigenvalue weighted by Gasteiger charge is 2.12. The molecule has 0 atom stereocenters. The molecule has 2 rings (SSSR count). The number of halogens is 1. The largest absolute Gasteiger partial charge is 0.355 e. The van der Waals surface area contributed by atoms with Gasteiger partial charge in [-0.1, -0.05) is 17.7 Å². The molecule has 0 aliphatic carbocycles. The van der Waals surface area contributed by atoms with Gasteiger partial charge >= 0.3 is 0 Å². The highest BCUT2D eigenvalue weighted by Crippen LogP contribution is 2.18. The molecule has 0 fully saturated rings. The quantitative estimate of drug-likeness (QED) is 0.909. The lowest BCUT2D eigenvalue weighted by Crippen LogP contribution is -2.19. The van der Waals surface area contributed by atoms with Crippen LogP contribution in [-0.2, 0) is 0 Å². The summed E-state index contributed by atoms with van der Waals surface area (Å²) in [7, 11) is 1.55. The number of aryl methyl sites for hydroxylation is 1. The van der Waals surface area contributed by atoms with E-state index in [1.165, 1.54) is 12.1 Å². The Labute approximate surface area is 126 Å². The second-order valence-electron chi connectivity index (χ2n) is 4.30. The Morgan fingerprint density at radius 3 is 2.48 bits per heavy atom. The van der Waals surface area contributed by atoms with E-state index < -0.39 is 5.91 Å². The molecule has 2 N–H and O–H groups in total. The summed E-state index contributed by atoms with van der Waals surface area (Å²) in [4.78, 5) is 23.7. The van der Waals surface area contributed by atoms with Crippen LogP contribution in [0.5, 0.6) is 0 Å². The van der Waals surface area contributed by atoms with E-state index in [9.17, 15) is 9.59 Å². The lowest BCUT2D eigenvalue weighted by atomic mass is 10.1. The average molecular weight is 305 g/mol. The Morgan fingerprint density at radius 1 is 1.10 bits per heavy atom. The molecule has 0 radical (unpaired) electrons. The first-order valence-corrected chi connectivity index (χ1v) is 6.52. The summed E-state index contributed by atoms with van der Waals surface area (Å²) < 4.78 is 0. The minimum Gasteiger partial charge on any atom is -0.355 e. The number of hydrogen-bond acceptors (Lipinski definition) is 4. The first-order valence-electron chi connectivity index (χ1n) is 6.14. The number of carbonyl (C=O) groups is 2. The van der Waals surface area contributed by atoms with Crippen LogP contribution in [0.15, 0.2) is 30.3 Å². The molecule has 1 aromatic carbocycles. The van der Waals surface area contributed by atoms with Crippen LogP contribution in [0.1, 0.15) is 26.4 Å². The van der Waals surface area contributed by atoms with Crippen molar-refractivity contribution < 1.29 is 9.59 Å². The van der Waals surface area contributed by atoms with E-state index >= 15 is 0 Å². The summed E-state index contributed by atoms with van der Waals surface area (Å²) >= 11 is 5.62. The molecule has 0 unspecified atom stereocenters. The molecule has 108 valence electrons. The molecule has 0 aliphatic rings. The van der Waals surface area contributed by atoms with Crippen molar-refractivity contribution in [2.24, 2.45) is 0 Å². The fourth-order valence-corrected chi connectivity index (χ4v) is 1.77. The maximum Gasteiger partial charge on any atom is 0.276 e. The summed E-state index contributed by atoms with van der Waals surface area (Å²) in [5, 5.41) is 12.8. The molecule has 6 nitrogen and oxygen atoms in total. The number of aromatic nitrogens is 2. The number of anilines is 1. The predicted molar refractivity (Wildman–Crippen MR) is 79.6 cm³/mol. The molecule has 0 saturated heterocycles. The first kappa shape index (κ1) is 14.9. The van der Waals surface area contributed by atoms with Crippen molar-refractivity contribution in [3.05, 3.63) is 52.3 Å². The minimum atomic E-state index is -0.420. The van der Waals surface area contributed by atoms with Crippen LogP contribution < -0.4 is 10.6 Å². The third-order valence-corrected chi connectivity index (χ3v) is 3.04. The van der Waals surface area contributed by atoms with E-state index in [4.69, 9.17) is 11.6 Å². The standard InChI is InChI=1S/C14H13ClN4O2/c1-8-3-4-9(13(20)16-2)7-11(8)17-14(21)10-5-6-12(15)19-18-10/h3-7H,1-2H3,(H,16,20)(H,17,21). The number of nitrogens with zero attached hydrogens (tertiary/aromatic N) is 2. The Bertz CT molecular complexity index is 686. The van der Waals surface area contributed by atoms with E-state index in [2.05, 4.69) is 20.8 Å². The number of hydrogen-bond donors (Lipinski definition) is 2. The normalized spacial score (nSPS) is 10.0. The molecule has 0 bridgehead atoms. The Hall–Kier alpha value is -2.47. The van der Waals surface area contributed by atoms with Gasteiger partial charge in [0.25, 0.3) is 11.8 Å². The molecule has 0 saturated carbocycles. The van der Waals surface area contributed by atoms with Crippen LogP contribution in [0.4, 0.5) is 5.69 Å². The van der Waals surface area contributed by atoms with Gasteiger partial charge in [-0.05, 0) is 36.8 Å². The zero-order valence-electron chi connectivity index (χ0n) is 11.5. The molecular weight excluding hydrogens is 292 g/mol. The van der Waals surface area contributed by atoms with E-state index in [0.717, 1.165) is 5.56 Å². The monoisotopic (exact) mass is 304 g/mol. The second kappa shape index (κ2) is 6.32. The van der Waals surface area contributed by atoms with Crippen LogP contribution in [0.25, 0.3) is 0 Å². The Balaban J connectivity index is 2.24. The van der Waals surface area contributed by atoms with Crippen LogP contribution in [-0.4, -0.2) is 29.1 Å². The molecule has 7 heteroatoms. The molecule has 0 spiro atoms. The van der Waals surface area contributed by atoms with Gasteiger partial charge in [0, 0.05) is 18.3 Å². The second-order valence-corrected chi connectivity index (χ2v) is 4.69. The molecular formula is C14H13ClN4O2. The van der Waals surface area contributed by atoms with Crippen molar-refractivity contribution in [3.8, 4) is 0 Å². The van der Waals surface area contributed by atoms with Crippen molar-refractivity contribution in [2.45, 2.75) is 6.92 Å². The topological polar surface area (TPSA) is 84.0 Å². The van der Waals surface area contributed by atoms with Crippen molar-refractivity contribution in [3.63, 3.8) is 0 Å². The molecule has 21 heavy (non-hydrogen) atoms. The zero-order valence-corrected chi connectivity index (χ0v) is 12.2. The summed E-state index contributed by atoms with van der Waals surface area (Å²) in [5.74, 6) is -0.645. The summed E-state index contributed by atoms with van der Waals surface area (Å²) in [6.07, 6.45) is 0. The van der Waals surface area contributed by atoms with Crippen LogP contribution in [0, 0.1) is 6.92 Å². The number of benzene rings is 1. The number of nitrogens with one attached hydrogen (secondary N) is 2. The maximum atomic E-state index is 12.1. The first-order chi connectivity index (χ1) is 10.0. The maximum absolute atomic E-state index is 12.1. The summed E-state index contributed by atoms with van der Waals surface area (Å²) in [6, 6.07) is 8.01. The number of rotatable bonds is 3. The van der Waals surface area contributed by atoms with E-state index in [0.29, 0.717) is 11.3 Å². The smallest absolute Gasteiger partial charge is 0.276 e. The van der Waals surface area contributed by atoms with Crippen molar-refractivity contribution >= 4 is 29.1 Å². The number of amides is 2. The summed E-state index contributed by atoms with van der Waals surface area (Å²) in [6.45, 7) is 1.83. The minimum absolute atomic E-state index is 0.143. The van der Waals surface area contributed by atoms with Crippen molar-refractivity contribution in [1.82, 2.24) is 15.5 Å². The van der Waals surface area contributed by atoms with Gasteiger partial charge < -0.3 is 10.6 Å². The van der Waals surface area contributed by atoms with Crippen molar-refractivity contribution in [2.75, 3.05) is 12.4 Å². The van der Waals surface area contributed by atoms with Crippen molar-refractivity contribution in [1.29, 1.82) is 0 Å². The van der Waals surface area contributed by atoms with Gasteiger partial charge in [0.05, 0.1) is 0 Å². The fourth-order valence-electron chi connectivity index (χ4n) is 1.67. The fraction of sp³-hybridized carbons (Fsp3) is 0.143. The van der Waals surface area contributed by atoms with Gasteiger partial charge in [-0.2, -0.15) is 0 Å². The van der Waals surface area contributed by atoms with E-state index in [1.807, 2.05) is 6.92 Å².